The van der Waals surface area contributed by atoms with E-state index in [0.717, 1.165) is 5.56 Å². The van der Waals surface area contributed by atoms with E-state index in [0.29, 0.717) is 16.1 Å². The summed E-state index contributed by atoms with van der Waals surface area (Å²) >= 11 is 3.22. The molecule has 0 heterocycles. The van der Waals surface area contributed by atoms with Crippen LogP contribution in [-0.4, -0.2) is 20.9 Å². The van der Waals surface area contributed by atoms with E-state index in [4.69, 9.17) is 0 Å². The summed E-state index contributed by atoms with van der Waals surface area (Å²) in [6.45, 7) is 4.19. The highest BCUT2D eigenvalue weighted by Crippen LogP contribution is 2.21. The number of rotatable bonds is 7. The molecule has 134 valence electrons. The SMILES string of the molecule is CC(C)c1cccc(NC(=O)CCNS(=O)(=O)c2ccccc2Br)c1. The largest absolute Gasteiger partial charge is 0.326 e. The van der Waals surface area contributed by atoms with Crippen molar-refractivity contribution in [3.8, 4) is 0 Å². The number of halogens is 1. The summed E-state index contributed by atoms with van der Waals surface area (Å²) in [7, 11) is -3.65. The summed E-state index contributed by atoms with van der Waals surface area (Å²) in [5, 5.41) is 2.79. The number of carbonyl (C=O) groups excluding carboxylic acids is 1. The zero-order chi connectivity index (χ0) is 18.4. The number of benzene rings is 2. The number of hydrogen-bond donors (Lipinski definition) is 2. The van der Waals surface area contributed by atoms with E-state index in [1.807, 2.05) is 24.3 Å². The molecule has 25 heavy (non-hydrogen) atoms. The lowest BCUT2D eigenvalue weighted by Crippen LogP contribution is -2.28. The minimum atomic E-state index is -3.65. The summed E-state index contributed by atoms with van der Waals surface area (Å²) in [4.78, 5) is 12.2. The van der Waals surface area contributed by atoms with Crippen LogP contribution < -0.4 is 10.0 Å². The maximum atomic E-state index is 12.2. The molecule has 0 saturated heterocycles. The molecule has 0 aliphatic carbocycles. The summed E-state index contributed by atoms with van der Waals surface area (Å²) in [5.74, 6) is 0.128. The van der Waals surface area contributed by atoms with Gasteiger partial charge in [-0.2, -0.15) is 0 Å². The quantitative estimate of drug-likeness (QED) is 0.707. The molecule has 2 aromatic carbocycles. The average Bonchev–Trinajstić information content (AvgIpc) is 2.55. The fourth-order valence-corrected chi connectivity index (χ4v) is 4.27. The monoisotopic (exact) mass is 424 g/mol. The molecule has 0 atom stereocenters. The number of carbonyl (C=O) groups is 1. The van der Waals surface area contributed by atoms with Crippen LogP contribution >= 0.6 is 15.9 Å². The maximum absolute atomic E-state index is 12.2. The lowest BCUT2D eigenvalue weighted by atomic mass is 10.0. The van der Waals surface area contributed by atoms with Gasteiger partial charge in [0.2, 0.25) is 15.9 Å². The van der Waals surface area contributed by atoms with E-state index < -0.39 is 10.0 Å². The van der Waals surface area contributed by atoms with Gasteiger partial charge < -0.3 is 5.32 Å². The molecule has 2 aromatic rings. The molecule has 0 saturated carbocycles. The smallest absolute Gasteiger partial charge is 0.241 e. The van der Waals surface area contributed by atoms with Crippen molar-refractivity contribution in [2.24, 2.45) is 0 Å². The Morgan fingerprint density at radius 2 is 1.84 bits per heavy atom. The lowest BCUT2D eigenvalue weighted by Gasteiger charge is -2.10. The van der Waals surface area contributed by atoms with Gasteiger partial charge in [0, 0.05) is 23.1 Å². The van der Waals surface area contributed by atoms with Crippen LogP contribution in [0.4, 0.5) is 5.69 Å². The van der Waals surface area contributed by atoms with Gasteiger partial charge in [-0.05, 0) is 51.7 Å². The van der Waals surface area contributed by atoms with Gasteiger partial charge in [0.05, 0.1) is 4.90 Å². The van der Waals surface area contributed by atoms with Crippen molar-refractivity contribution < 1.29 is 13.2 Å². The van der Waals surface area contributed by atoms with Gasteiger partial charge >= 0.3 is 0 Å². The second-order valence-electron chi connectivity index (χ2n) is 5.91. The first kappa shape index (κ1) is 19.6. The molecule has 0 spiro atoms. The van der Waals surface area contributed by atoms with Crippen molar-refractivity contribution in [3.63, 3.8) is 0 Å². The van der Waals surface area contributed by atoms with Crippen molar-refractivity contribution in [2.75, 3.05) is 11.9 Å². The molecule has 0 bridgehead atoms. The number of anilines is 1. The van der Waals surface area contributed by atoms with Gasteiger partial charge in [-0.3, -0.25) is 4.79 Å². The van der Waals surface area contributed by atoms with Crippen LogP contribution in [0, 0.1) is 0 Å². The second-order valence-corrected chi connectivity index (χ2v) is 8.50. The molecule has 7 heteroatoms. The normalized spacial score (nSPS) is 11.5. The molecule has 0 radical (unpaired) electrons. The van der Waals surface area contributed by atoms with E-state index in [1.54, 1.807) is 18.2 Å². The van der Waals surface area contributed by atoms with Crippen molar-refractivity contribution in [3.05, 3.63) is 58.6 Å². The van der Waals surface area contributed by atoms with Gasteiger partial charge in [-0.15, -0.1) is 0 Å². The van der Waals surface area contributed by atoms with E-state index in [-0.39, 0.29) is 23.8 Å². The second kappa shape index (κ2) is 8.60. The Morgan fingerprint density at radius 3 is 2.52 bits per heavy atom. The number of nitrogens with one attached hydrogen (secondary N) is 2. The minimum Gasteiger partial charge on any atom is -0.326 e. The Labute approximate surface area is 157 Å². The third-order valence-corrected chi connectivity index (χ3v) is 6.08. The van der Waals surface area contributed by atoms with Crippen molar-refractivity contribution in [1.82, 2.24) is 4.72 Å². The van der Waals surface area contributed by atoms with Gasteiger partial charge in [-0.1, -0.05) is 38.1 Å². The molecule has 0 aromatic heterocycles. The first-order valence-electron chi connectivity index (χ1n) is 7.93. The molecule has 0 unspecified atom stereocenters. The molecule has 2 rings (SSSR count). The third-order valence-electron chi connectivity index (χ3n) is 3.61. The molecule has 0 fully saturated rings. The van der Waals surface area contributed by atoms with Crippen molar-refractivity contribution in [1.29, 1.82) is 0 Å². The Bertz CT molecular complexity index is 851. The summed E-state index contributed by atoms with van der Waals surface area (Å²) in [6, 6.07) is 14.2. The van der Waals surface area contributed by atoms with Crippen LogP contribution in [0.1, 0.15) is 31.7 Å². The van der Waals surface area contributed by atoms with Crippen LogP contribution in [-0.2, 0) is 14.8 Å². The summed E-state index contributed by atoms with van der Waals surface area (Å²) in [5.41, 5.74) is 1.84. The predicted octanol–water partition coefficient (Wildman–Crippen LogP) is 3.88. The maximum Gasteiger partial charge on any atom is 0.241 e. The van der Waals surface area contributed by atoms with Crippen LogP contribution in [0.15, 0.2) is 57.9 Å². The molecule has 5 nitrogen and oxygen atoms in total. The highest BCUT2D eigenvalue weighted by Gasteiger charge is 2.17. The van der Waals surface area contributed by atoms with E-state index >= 15 is 0 Å². The van der Waals surface area contributed by atoms with Gasteiger partial charge in [0.15, 0.2) is 0 Å². The fourth-order valence-electron chi connectivity index (χ4n) is 2.24. The molecule has 0 aliphatic heterocycles. The first-order chi connectivity index (χ1) is 11.8. The van der Waals surface area contributed by atoms with Crippen molar-refractivity contribution in [2.45, 2.75) is 31.1 Å². The molecule has 0 aliphatic rings. The minimum absolute atomic E-state index is 0.0272. The Balaban J connectivity index is 1.90. The van der Waals surface area contributed by atoms with Gasteiger partial charge in [0.1, 0.15) is 0 Å². The highest BCUT2D eigenvalue weighted by molar-refractivity contribution is 9.10. The lowest BCUT2D eigenvalue weighted by molar-refractivity contribution is -0.116. The zero-order valence-electron chi connectivity index (χ0n) is 14.1. The van der Waals surface area contributed by atoms with Crippen LogP contribution in [0.3, 0.4) is 0 Å². The van der Waals surface area contributed by atoms with E-state index in [1.165, 1.54) is 6.07 Å². The predicted molar refractivity (Wildman–Crippen MR) is 103 cm³/mol. The number of hydrogen-bond acceptors (Lipinski definition) is 3. The summed E-state index contributed by atoms with van der Waals surface area (Å²) in [6.07, 6.45) is 0.0512. The average molecular weight is 425 g/mol. The highest BCUT2D eigenvalue weighted by atomic mass is 79.9. The topological polar surface area (TPSA) is 75.3 Å². The van der Waals surface area contributed by atoms with Gasteiger partial charge in [-0.25, -0.2) is 13.1 Å². The van der Waals surface area contributed by atoms with E-state index in [2.05, 4.69) is 39.8 Å². The van der Waals surface area contributed by atoms with Crippen LogP contribution in [0.2, 0.25) is 0 Å². The molecule has 1 amide bonds. The number of amides is 1. The Kier molecular flexibility index (Phi) is 6.75. The first-order valence-corrected chi connectivity index (χ1v) is 10.2. The zero-order valence-corrected chi connectivity index (χ0v) is 16.5. The summed E-state index contributed by atoms with van der Waals surface area (Å²) < 4.78 is 27.4. The Morgan fingerprint density at radius 1 is 1.12 bits per heavy atom. The van der Waals surface area contributed by atoms with Gasteiger partial charge in [0.25, 0.3) is 0 Å². The van der Waals surface area contributed by atoms with Crippen LogP contribution in [0.25, 0.3) is 0 Å². The molecular weight excluding hydrogens is 404 g/mol. The fraction of sp³-hybridized carbons (Fsp3) is 0.278. The standard InChI is InChI=1S/C18H21BrN2O3S/c1-13(2)14-6-5-7-15(12-14)21-18(22)10-11-20-25(23,24)17-9-4-3-8-16(17)19/h3-9,12-13,20H,10-11H2,1-2H3,(H,21,22). The van der Waals surface area contributed by atoms with Crippen molar-refractivity contribution >= 4 is 37.5 Å². The Hall–Kier alpha value is -1.70. The molecular formula is C18H21BrN2O3S. The number of sulfonamides is 1. The third kappa shape index (κ3) is 5.66. The van der Waals surface area contributed by atoms with Crippen LogP contribution in [0.5, 0.6) is 0 Å². The molecule has 2 N–H and O–H groups in total. The van der Waals surface area contributed by atoms with E-state index in [9.17, 15) is 13.2 Å².